The maximum Gasteiger partial charge on any atom is 0.145 e. The van der Waals surface area contributed by atoms with Crippen LogP contribution in [0.5, 0.6) is 0 Å². The van der Waals surface area contributed by atoms with E-state index in [4.69, 9.17) is 23.2 Å². The van der Waals surface area contributed by atoms with Crippen molar-refractivity contribution in [2.24, 2.45) is 0 Å². The first kappa shape index (κ1) is 13.5. The maximum absolute atomic E-state index is 6.00. The van der Waals surface area contributed by atoms with Crippen LogP contribution >= 0.6 is 34.5 Å². The first-order valence-corrected chi connectivity index (χ1v) is 8.62. The minimum absolute atomic E-state index is 0.332. The highest BCUT2D eigenvalue weighted by atomic mass is 35.5. The smallest absolute Gasteiger partial charge is 0.145 e. The molecule has 4 rings (SSSR count). The third-order valence-corrected chi connectivity index (χ3v) is 5.52. The van der Waals surface area contributed by atoms with Crippen LogP contribution in [-0.2, 0) is 18.7 Å². The molecule has 0 saturated carbocycles. The van der Waals surface area contributed by atoms with E-state index < -0.39 is 0 Å². The van der Waals surface area contributed by atoms with Gasteiger partial charge in [-0.15, -0.1) is 22.9 Å². The summed E-state index contributed by atoms with van der Waals surface area (Å²) in [6, 6.07) is 7.83. The van der Waals surface area contributed by atoms with Gasteiger partial charge in [0.2, 0.25) is 0 Å². The van der Waals surface area contributed by atoms with Gasteiger partial charge in [-0.1, -0.05) is 23.7 Å². The summed E-state index contributed by atoms with van der Waals surface area (Å²) >= 11 is 13.8. The van der Waals surface area contributed by atoms with Crippen molar-refractivity contribution >= 4 is 44.8 Å². The second-order valence-electron chi connectivity index (χ2n) is 5.17. The number of hydrogen-bond acceptors (Lipinski definition) is 3. The van der Waals surface area contributed by atoms with Gasteiger partial charge in [0, 0.05) is 20.8 Å². The molecule has 0 bridgehead atoms. The van der Waals surface area contributed by atoms with E-state index in [1.54, 1.807) is 11.3 Å². The number of aryl methyl sites for hydroxylation is 2. The number of alkyl halides is 1. The van der Waals surface area contributed by atoms with Crippen LogP contribution in [0.1, 0.15) is 22.7 Å². The molecule has 1 aromatic carbocycles. The molecule has 21 heavy (non-hydrogen) atoms. The third kappa shape index (κ3) is 2.24. The summed E-state index contributed by atoms with van der Waals surface area (Å²) in [7, 11) is 0. The predicted molar refractivity (Wildman–Crippen MR) is 89.4 cm³/mol. The fraction of sp³-hybridized carbons (Fsp3) is 0.250. The highest BCUT2D eigenvalue weighted by Crippen LogP contribution is 2.40. The lowest BCUT2D eigenvalue weighted by Crippen LogP contribution is -1.96. The van der Waals surface area contributed by atoms with Crippen LogP contribution in [0.15, 0.2) is 24.3 Å². The molecule has 5 heteroatoms. The molecule has 0 unspecified atom stereocenters. The Bertz CT molecular complexity index is 824. The van der Waals surface area contributed by atoms with Crippen LogP contribution in [0.4, 0.5) is 0 Å². The standard InChI is InChI=1S/C16H12Cl2N2S/c17-8-13-19-15(9-4-6-10(18)7-5-9)14-11-2-1-3-12(11)21-16(14)20-13/h4-7H,1-3,8H2. The molecular formula is C16H12Cl2N2S. The number of rotatable bonds is 2. The molecule has 1 aliphatic carbocycles. The van der Waals surface area contributed by atoms with E-state index >= 15 is 0 Å². The summed E-state index contributed by atoms with van der Waals surface area (Å²) in [4.78, 5) is 11.8. The zero-order valence-corrected chi connectivity index (χ0v) is 13.5. The lowest BCUT2D eigenvalue weighted by molar-refractivity contribution is 0.916. The molecule has 1 aliphatic rings. The predicted octanol–water partition coefficient (Wildman–Crippen LogP) is 5.24. The number of thiophene rings is 1. The Kier molecular flexibility index (Phi) is 3.37. The van der Waals surface area contributed by atoms with Crippen molar-refractivity contribution in [3.8, 4) is 11.3 Å². The largest absolute Gasteiger partial charge is 0.231 e. The quantitative estimate of drug-likeness (QED) is 0.599. The summed E-state index contributed by atoms with van der Waals surface area (Å²) in [5.74, 6) is 1.02. The highest BCUT2D eigenvalue weighted by molar-refractivity contribution is 7.19. The molecule has 0 atom stereocenters. The Morgan fingerprint density at radius 2 is 1.90 bits per heavy atom. The van der Waals surface area contributed by atoms with Crippen molar-refractivity contribution in [3.63, 3.8) is 0 Å². The van der Waals surface area contributed by atoms with Gasteiger partial charge in [0.1, 0.15) is 10.7 Å². The Balaban J connectivity index is 2.03. The molecule has 0 aliphatic heterocycles. The average Bonchev–Trinajstić information content (AvgIpc) is 3.07. The third-order valence-electron chi connectivity index (χ3n) is 3.85. The molecule has 2 aromatic heterocycles. The Morgan fingerprint density at radius 1 is 1.10 bits per heavy atom. The normalized spacial score (nSPS) is 13.8. The first-order valence-electron chi connectivity index (χ1n) is 6.89. The number of fused-ring (bicyclic) bond motifs is 3. The second kappa shape index (κ2) is 5.24. The average molecular weight is 335 g/mol. The summed E-state index contributed by atoms with van der Waals surface area (Å²) in [6.45, 7) is 0. The molecule has 2 heterocycles. The summed E-state index contributed by atoms with van der Waals surface area (Å²) in [5.41, 5.74) is 3.50. The van der Waals surface area contributed by atoms with Gasteiger partial charge in [-0.05, 0) is 37.0 Å². The van der Waals surface area contributed by atoms with Crippen molar-refractivity contribution < 1.29 is 0 Å². The zero-order valence-electron chi connectivity index (χ0n) is 11.2. The number of halogens is 2. The molecule has 0 amide bonds. The minimum atomic E-state index is 0.332. The van der Waals surface area contributed by atoms with Gasteiger partial charge in [-0.2, -0.15) is 0 Å². The SMILES string of the molecule is ClCc1nc(-c2ccc(Cl)cc2)c2c3c(sc2n1)CCC3. The van der Waals surface area contributed by atoms with Crippen molar-refractivity contribution in [1.29, 1.82) is 0 Å². The van der Waals surface area contributed by atoms with Gasteiger partial charge in [-0.25, -0.2) is 9.97 Å². The lowest BCUT2D eigenvalue weighted by Gasteiger charge is -2.07. The van der Waals surface area contributed by atoms with Gasteiger partial charge in [0.05, 0.1) is 11.6 Å². The van der Waals surface area contributed by atoms with Gasteiger partial charge < -0.3 is 0 Å². The van der Waals surface area contributed by atoms with Crippen LogP contribution in [-0.4, -0.2) is 9.97 Å². The maximum atomic E-state index is 6.00. The van der Waals surface area contributed by atoms with E-state index in [1.807, 2.05) is 24.3 Å². The van der Waals surface area contributed by atoms with Crippen molar-refractivity contribution in [3.05, 3.63) is 45.6 Å². The topological polar surface area (TPSA) is 25.8 Å². The van der Waals surface area contributed by atoms with Gasteiger partial charge in [0.25, 0.3) is 0 Å². The molecule has 106 valence electrons. The van der Waals surface area contributed by atoms with Gasteiger partial charge in [-0.3, -0.25) is 0 Å². The summed E-state index contributed by atoms with van der Waals surface area (Å²) in [5, 5.41) is 1.95. The van der Waals surface area contributed by atoms with Crippen LogP contribution in [0.25, 0.3) is 21.5 Å². The van der Waals surface area contributed by atoms with Crippen molar-refractivity contribution in [1.82, 2.24) is 9.97 Å². The van der Waals surface area contributed by atoms with Gasteiger partial charge in [0.15, 0.2) is 0 Å². The second-order valence-corrected chi connectivity index (χ2v) is 6.95. The Morgan fingerprint density at radius 3 is 2.67 bits per heavy atom. The molecule has 0 N–H and O–H groups in total. The fourth-order valence-corrected chi connectivity index (χ4v) is 4.44. The van der Waals surface area contributed by atoms with Crippen molar-refractivity contribution in [2.45, 2.75) is 25.1 Å². The van der Waals surface area contributed by atoms with Gasteiger partial charge >= 0.3 is 0 Å². The molecule has 3 aromatic rings. The van der Waals surface area contributed by atoms with E-state index in [2.05, 4.69) is 9.97 Å². The molecule has 2 nitrogen and oxygen atoms in total. The molecule has 0 fully saturated rings. The Hall–Kier alpha value is -1.16. The number of benzene rings is 1. The van der Waals surface area contributed by atoms with E-state index in [0.29, 0.717) is 11.7 Å². The molecule has 0 saturated heterocycles. The van der Waals surface area contributed by atoms with Crippen LogP contribution in [0.2, 0.25) is 5.02 Å². The van der Waals surface area contributed by atoms with E-state index in [-0.39, 0.29) is 0 Å². The number of hydrogen-bond donors (Lipinski definition) is 0. The van der Waals surface area contributed by atoms with E-state index in [1.165, 1.54) is 22.2 Å². The van der Waals surface area contributed by atoms with Crippen LogP contribution in [0.3, 0.4) is 0 Å². The van der Waals surface area contributed by atoms with E-state index in [0.717, 1.165) is 34.0 Å². The molecule has 0 radical (unpaired) electrons. The van der Waals surface area contributed by atoms with Crippen LogP contribution in [0, 0.1) is 0 Å². The van der Waals surface area contributed by atoms with Crippen LogP contribution < -0.4 is 0 Å². The summed E-state index contributed by atoms with van der Waals surface area (Å²) in [6.07, 6.45) is 3.51. The number of nitrogens with zero attached hydrogens (tertiary/aromatic N) is 2. The highest BCUT2D eigenvalue weighted by Gasteiger charge is 2.22. The fourth-order valence-electron chi connectivity index (χ4n) is 2.92. The minimum Gasteiger partial charge on any atom is -0.231 e. The zero-order chi connectivity index (χ0) is 14.4. The Labute approximate surface area is 136 Å². The number of aromatic nitrogens is 2. The lowest BCUT2D eigenvalue weighted by atomic mass is 10.1. The summed E-state index contributed by atoms with van der Waals surface area (Å²) < 4.78 is 0. The molecular weight excluding hydrogens is 323 g/mol. The van der Waals surface area contributed by atoms with Crippen molar-refractivity contribution in [2.75, 3.05) is 0 Å². The van der Waals surface area contributed by atoms with E-state index in [9.17, 15) is 0 Å². The monoisotopic (exact) mass is 334 g/mol. The first-order chi connectivity index (χ1) is 10.3. The molecule has 0 spiro atoms.